The second kappa shape index (κ2) is 4.94. The van der Waals surface area contributed by atoms with Crippen molar-refractivity contribution in [3.05, 3.63) is 24.8 Å². The SMILES string of the molecule is CC(C)(C)OC(=O)Cn1c2cnccc2c2c(N)ncnc21. The molecule has 0 bridgehead atoms. The average molecular weight is 299 g/mol. The minimum atomic E-state index is -0.540. The maximum absolute atomic E-state index is 12.2. The number of carbonyl (C=O) groups excluding carboxylic acids is 1. The molecule has 3 aromatic heterocycles. The first kappa shape index (κ1) is 14.2. The second-order valence-corrected chi connectivity index (χ2v) is 6.02. The quantitative estimate of drug-likeness (QED) is 0.726. The number of hydrogen-bond donors (Lipinski definition) is 1. The molecule has 0 spiro atoms. The summed E-state index contributed by atoms with van der Waals surface area (Å²) in [6.07, 6.45) is 4.74. The van der Waals surface area contributed by atoms with Crippen LogP contribution in [0.4, 0.5) is 5.82 Å². The van der Waals surface area contributed by atoms with Crippen molar-refractivity contribution in [2.24, 2.45) is 0 Å². The predicted molar refractivity (Wildman–Crippen MR) is 83.1 cm³/mol. The van der Waals surface area contributed by atoms with Crippen molar-refractivity contribution >= 4 is 33.7 Å². The third kappa shape index (κ3) is 2.45. The number of fused-ring (bicyclic) bond motifs is 3. The normalized spacial score (nSPS) is 12.0. The van der Waals surface area contributed by atoms with E-state index in [4.69, 9.17) is 10.5 Å². The number of ether oxygens (including phenoxy) is 1. The van der Waals surface area contributed by atoms with Crippen LogP contribution in [0.15, 0.2) is 24.8 Å². The van der Waals surface area contributed by atoms with Gasteiger partial charge in [-0.25, -0.2) is 9.97 Å². The van der Waals surface area contributed by atoms with Crippen LogP contribution in [0, 0.1) is 0 Å². The van der Waals surface area contributed by atoms with Gasteiger partial charge < -0.3 is 15.0 Å². The first-order chi connectivity index (χ1) is 10.4. The monoisotopic (exact) mass is 299 g/mol. The zero-order valence-corrected chi connectivity index (χ0v) is 12.7. The third-order valence-electron chi connectivity index (χ3n) is 3.18. The molecule has 0 atom stereocenters. The number of esters is 1. The Kier molecular flexibility index (Phi) is 3.20. The van der Waals surface area contributed by atoms with Gasteiger partial charge in [-0.05, 0) is 26.8 Å². The Morgan fingerprint density at radius 1 is 1.36 bits per heavy atom. The number of aromatic nitrogens is 4. The highest BCUT2D eigenvalue weighted by molar-refractivity contribution is 6.11. The van der Waals surface area contributed by atoms with Gasteiger partial charge >= 0.3 is 5.97 Å². The minimum Gasteiger partial charge on any atom is -0.459 e. The van der Waals surface area contributed by atoms with Gasteiger partial charge in [0, 0.05) is 11.6 Å². The van der Waals surface area contributed by atoms with E-state index in [9.17, 15) is 4.79 Å². The summed E-state index contributed by atoms with van der Waals surface area (Å²) < 4.78 is 7.14. The number of hydrogen-bond acceptors (Lipinski definition) is 6. The molecule has 0 aliphatic rings. The fourth-order valence-electron chi connectivity index (χ4n) is 2.44. The third-order valence-corrected chi connectivity index (χ3v) is 3.18. The van der Waals surface area contributed by atoms with Crippen LogP contribution >= 0.6 is 0 Å². The lowest BCUT2D eigenvalue weighted by Crippen LogP contribution is -2.26. The number of nitrogen functional groups attached to an aromatic ring is 1. The first-order valence-corrected chi connectivity index (χ1v) is 6.91. The van der Waals surface area contributed by atoms with Crippen LogP contribution in [0.5, 0.6) is 0 Å². The van der Waals surface area contributed by atoms with Crippen molar-refractivity contribution in [2.75, 3.05) is 5.73 Å². The molecule has 114 valence electrons. The Bertz CT molecular complexity index is 863. The van der Waals surface area contributed by atoms with Crippen molar-refractivity contribution in [3.8, 4) is 0 Å². The molecule has 3 rings (SSSR count). The molecule has 22 heavy (non-hydrogen) atoms. The largest absolute Gasteiger partial charge is 0.459 e. The van der Waals surface area contributed by atoms with Gasteiger partial charge in [-0.1, -0.05) is 0 Å². The van der Waals surface area contributed by atoms with E-state index in [2.05, 4.69) is 15.0 Å². The molecule has 7 heteroatoms. The average Bonchev–Trinajstić information content (AvgIpc) is 2.73. The van der Waals surface area contributed by atoms with Gasteiger partial charge in [-0.2, -0.15) is 0 Å². The molecule has 0 unspecified atom stereocenters. The molecule has 0 aromatic carbocycles. The van der Waals surface area contributed by atoms with E-state index in [1.807, 2.05) is 26.8 Å². The molecule has 0 radical (unpaired) electrons. The second-order valence-electron chi connectivity index (χ2n) is 6.02. The van der Waals surface area contributed by atoms with E-state index in [0.29, 0.717) is 11.5 Å². The summed E-state index contributed by atoms with van der Waals surface area (Å²) in [6.45, 7) is 5.54. The van der Waals surface area contributed by atoms with Gasteiger partial charge in [-0.15, -0.1) is 0 Å². The standard InChI is InChI=1S/C15H17N5O2/c1-15(2,3)22-11(21)7-20-10-6-17-5-4-9(10)12-13(16)18-8-19-14(12)20/h4-6,8H,7H2,1-3H3,(H2,16,18,19). The summed E-state index contributed by atoms with van der Waals surface area (Å²) in [5, 5.41) is 1.59. The van der Waals surface area contributed by atoms with E-state index in [1.54, 1.807) is 17.0 Å². The van der Waals surface area contributed by atoms with Crippen molar-refractivity contribution < 1.29 is 9.53 Å². The Labute approximate surface area is 127 Å². The molecule has 0 fully saturated rings. The van der Waals surface area contributed by atoms with Gasteiger partial charge in [0.2, 0.25) is 0 Å². The Morgan fingerprint density at radius 3 is 2.86 bits per heavy atom. The molecule has 0 aliphatic heterocycles. The summed E-state index contributed by atoms with van der Waals surface area (Å²) >= 11 is 0. The van der Waals surface area contributed by atoms with Gasteiger partial charge in [0.25, 0.3) is 0 Å². The van der Waals surface area contributed by atoms with Gasteiger partial charge in [0.1, 0.15) is 29.9 Å². The van der Waals surface area contributed by atoms with Gasteiger partial charge in [-0.3, -0.25) is 9.78 Å². The highest BCUT2D eigenvalue weighted by Gasteiger charge is 2.20. The van der Waals surface area contributed by atoms with E-state index in [1.165, 1.54) is 6.33 Å². The Morgan fingerprint density at radius 2 is 2.14 bits per heavy atom. The van der Waals surface area contributed by atoms with Crippen LogP contribution in [-0.2, 0) is 16.1 Å². The molecule has 2 N–H and O–H groups in total. The number of pyridine rings is 1. The van der Waals surface area contributed by atoms with Crippen LogP contribution in [0.3, 0.4) is 0 Å². The number of rotatable bonds is 2. The van der Waals surface area contributed by atoms with Gasteiger partial charge in [0.05, 0.1) is 17.1 Å². The van der Waals surface area contributed by atoms with E-state index in [0.717, 1.165) is 16.3 Å². The van der Waals surface area contributed by atoms with Crippen LogP contribution < -0.4 is 5.73 Å². The number of nitrogens with two attached hydrogens (primary N) is 1. The fourth-order valence-corrected chi connectivity index (χ4v) is 2.44. The predicted octanol–water partition coefficient (Wildman–Crippen LogP) is 1.90. The topological polar surface area (TPSA) is 95.9 Å². The molecule has 3 aromatic rings. The van der Waals surface area contributed by atoms with Crippen LogP contribution in [-0.4, -0.2) is 31.1 Å². The van der Waals surface area contributed by atoms with Crippen molar-refractivity contribution in [1.29, 1.82) is 0 Å². The van der Waals surface area contributed by atoms with Crippen molar-refractivity contribution in [1.82, 2.24) is 19.5 Å². The summed E-state index contributed by atoms with van der Waals surface area (Å²) in [7, 11) is 0. The molecule has 3 heterocycles. The van der Waals surface area contributed by atoms with Crippen LogP contribution in [0.25, 0.3) is 21.9 Å². The molecule has 7 nitrogen and oxygen atoms in total. The molecular weight excluding hydrogens is 282 g/mol. The van der Waals surface area contributed by atoms with Crippen molar-refractivity contribution in [2.45, 2.75) is 32.9 Å². The summed E-state index contributed by atoms with van der Waals surface area (Å²) in [5.41, 5.74) is 6.80. The molecule has 0 saturated carbocycles. The van der Waals surface area contributed by atoms with Crippen LogP contribution in [0.2, 0.25) is 0 Å². The summed E-state index contributed by atoms with van der Waals surface area (Å²) in [6, 6.07) is 1.84. The van der Waals surface area contributed by atoms with E-state index >= 15 is 0 Å². The van der Waals surface area contributed by atoms with E-state index in [-0.39, 0.29) is 12.5 Å². The minimum absolute atomic E-state index is 0.0411. The smallest absolute Gasteiger partial charge is 0.326 e. The van der Waals surface area contributed by atoms with Crippen LogP contribution in [0.1, 0.15) is 20.8 Å². The highest BCUT2D eigenvalue weighted by atomic mass is 16.6. The maximum atomic E-state index is 12.2. The maximum Gasteiger partial charge on any atom is 0.326 e. The number of carbonyl (C=O) groups is 1. The lowest BCUT2D eigenvalue weighted by molar-refractivity contribution is -0.155. The lowest BCUT2D eigenvalue weighted by Gasteiger charge is -2.19. The van der Waals surface area contributed by atoms with Gasteiger partial charge in [0.15, 0.2) is 0 Å². The zero-order valence-electron chi connectivity index (χ0n) is 12.7. The molecule has 0 amide bonds. The summed E-state index contributed by atoms with van der Waals surface area (Å²) in [4.78, 5) is 24.6. The first-order valence-electron chi connectivity index (χ1n) is 6.91. The Hall–Kier alpha value is -2.70. The fraction of sp³-hybridized carbons (Fsp3) is 0.333. The Balaban J connectivity index is 2.15. The molecular formula is C15H17N5O2. The number of nitrogens with zero attached hydrogens (tertiary/aromatic N) is 4. The number of anilines is 1. The zero-order chi connectivity index (χ0) is 15.9. The lowest BCUT2D eigenvalue weighted by atomic mass is 10.2. The highest BCUT2D eigenvalue weighted by Crippen LogP contribution is 2.29. The van der Waals surface area contributed by atoms with Crippen molar-refractivity contribution in [3.63, 3.8) is 0 Å². The summed E-state index contributed by atoms with van der Waals surface area (Å²) in [5.74, 6) is 0.0384. The molecule has 0 aliphatic carbocycles. The molecule has 0 saturated heterocycles. The van der Waals surface area contributed by atoms with E-state index < -0.39 is 5.60 Å².